The second-order valence-electron chi connectivity index (χ2n) is 5.15. The maximum Gasteiger partial charge on any atom is 0.221 e. The first-order chi connectivity index (χ1) is 10.7. The lowest BCUT2D eigenvalue weighted by Gasteiger charge is -2.01. The maximum atomic E-state index is 11.3. The molecule has 0 aliphatic rings. The van der Waals surface area contributed by atoms with Crippen molar-refractivity contribution >= 4 is 33.5 Å². The van der Waals surface area contributed by atoms with Crippen LogP contribution in [0.2, 0.25) is 0 Å². The van der Waals surface area contributed by atoms with E-state index in [1.165, 1.54) is 6.92 Å². The van der Waals surface area contributed by atoms with Crippen molar-refractivity contribution in [3.63, 3.8) is 0 Å². The van der Waals surface area contributed by atoms with Gasteiger partial charge in [-0.05, 0) is 30.3 Å². The van der Waals surface area contributed by atoms with Crippen LogP contribution in [-0.2, 0) is 4.79 Å². The van der Waals surface area contributed by atoms with Crippen LogP contribution in [0.4, 0.5) is 5.69 Å². The van der Waals surface area contributed by atoms with Crippen molar-refractivity contribution in [2.24, 2.45) is 0 Å². The van der Waals surface area contributed by atoms with Gasteiger partial charge in [0, 0.05) is 23.3 Å². The van der Waals surface area contributed by atoms with Gasteiger partial charge < -0.3 is 14.2 Å². The predicted octanol–water partition coefficient (Wildman–Crippen LogP) is 4.80. The Balaban J connectivity index is 1.93. The van der Waals surface area contributed by atoms with Crippen molar-refractivity contribution < 1.29 is 13.6 Å². The van der Waals surface area contributed by atoms with Gasteiger partial charge in [-0.25, -0.2) is 0 Å². The van der Waals surface area contributed by atoms with Gasteiger partial charge in [0.15, 0.2) is 0 Å². The van der Waals surface area contributed by atoms with E-state index in [0.29, 0.717) is 0 Å². The molecule has 0 radical (unpaired) electrons. The van der Waals surface area contributed by atoms with Crippen LogP contribution in [-0.4, -0.2) is 5.91 Å². The van der Waals surface area contributed by atoms with Crippen LogP contribution in [0.5, 0.6) is 0 Å². The van der Waals surface area contributed by atoms with Crippen LogP contribution in [0, 0.1) is 0 Å². The normalized spacial score (nSPS) is 11.1. The number of carbonyl (C=O) groups is 1. The molecule has 0 atom stereocenters. The fourth-order valence-corrected chi connectivity index (χ4v) is 2.70. The first-order valence-electron chi connectivity index (χ1n) is 6.99. The van der Waals surface area contributed by atoms with Gasteiger partial charge in [0.1, 0.15) is 16.9 Å². The van der Waals surface area contributed by atoms with Crippen molar-refractivity contribution in [2.75, 3.05) is 5.32 Å². The topological polar surface area (TPSA) is 55.4 Å². The smallest absolute Gasteiger partial charge is 0.221 e. The highest BCUT2D eigenvalue weighted by atomic mass is 16.3. The molecule has 0 bridgehead atoms. The number of rotatable bonds is 2. The van der Waals surface area contributed by atoms with Crippen LogP contribution in [0.15, 0.2) is 63.6 Å². The zero-order valence-corrected chi connectivity index (χ0v) is 11.9. The van der Waals surface area contributed by atoms with Crippen molar-refractivity contribution in [2.45, 2.75) is 6.92 Å². The Bertz CT molecular complexity index is 994. The fraction of sp³-hybridized carbons (Fsp3) is 0.0556. The molecule has 0 unspecified atom stereocenters. The Kier molecular flexibility index (Phi) is 2.76. The maximum absolute atomic E-state index is 11.3. The van der Waals surface area contributed by atoms with Crippen molar-refractivity contribution in [3.05, 3.63) is 54.8 Å². The molecule has 0 saturated heterocycles. The molecular formula is C18H13NO3. The molecular weight excluding hydrogens is 278 g/mol. The lowest BCUT2D eigenvalue weighted by Crippen LogP contribution is -2.05. The van der Waals surface area contributed by atoms with E-state index in [-0.39, 0.29) is 5.91 Å². The number of hydrogen-bond donors (Lipinski definition) is 1. The Hall–Kier alpha value is -3.01. The van der Waals surface area contributed by atoms with E-state index in [9.17, 15) is 4.79 Å². The van der Waals surface area contributed by atoms with Crippen LogP contribution >= 0.6 is 0 Å². The molecule has 2 aromatic carbocycles. The molecule has 1 amide bonds. The zero-order valence-electron chi connectivity index (χ0n) is 11.9. The van der Waals surface area contributed by atoms with Gasteiger partial charge in [-0.3, -0.25) is 4.79 Å². The van der Waals surface area contributed by atoms with Crippen molar-refractivity contribution in [1.82, 2.24) is 0 Å². The first kappa shape index (κ1) is 12.7. The summed E-state index contributed by atoms with van der Waals surface area (Å²) in [6, 6.07) is 15.3. The third kappa shape index (κ3) is 1.97. The molecule has 4 heteroatoms. The largest absolute Gasteiger partial charge is 0.464 e. The van der Waals surface area contributed by atoms with Crippen LogP contribution < -0.4 is 5.32 Å². The second-order valence-corrected chi connectivity index (χ2v) is 5.15. The van der Waals surface area contributed by atoms with E-state index >= 15 is 0 Å². The number of nitrogens with one attached hydrogen (secondary N) is 1. The molecule has 108 valence electrons. The Morgan fingerprint density at radius 3 is 2.68 bits per heavy atom. The number of amides is 1. The minimum Gasteiger partial charge on any atom is -0.464 e. The summed E-state index contributed by atoms with van der Waals surface area (Å²) in [6.45, 7) is 1.49. The summed E-state index contributed by atoms with van der Waals surface area (Å²) < 4.78 is 11.4. The summed E-state index contributed by atoms with van der Waals surface area (Å²) >= 11 is 0. The molecule has 1 N–H and O–H groups in total. The van der Waals surface area contributed by atoms with Gasteiger partial charge >= 0.3 is 0 Å². The van der Waals surface area contributed by atoms with Crippen molar-refractivity contribution in [1.29, 1.82) is 0 Å². The Morgan fingerprint density at radius 1 is 1.00 bits per heavy atom. The molecule has 4 aromatic rings. The average Bonchev–Trinajstić information content (AvgIpc) is 3.13. The molecule has 4 rings (SSSR count). The molecule has 22 heavy (non-hydrogen) atoms. The molecule has 2 aromatic heterocycles. The first-order valence-corrected chi connectivity index (χ1v) is 6.99. The Labute approximate surface area is 126 Å². The summed E-state index contributed by atoms with van der Waals surface area (Å²) in [5.74, 6) is 0.645. The van der Waals surface area contributed by atoms with Crippen LogP contribution in [0.3, 0.4) is 0 Å². The lowest BCUT2D eigenvalue weighted by molar-refractivity contribution is -0.114. The average molecular weight is 291 g/mol. The number of benzene rings is 2. The number of carbonyl (C=O) groups excluding carboxylic acids is 1. The number of hydrogen-bond acceptors (Lipinski definition) is 3. The highest BCUT2D eigenvalue weighted by Gasteiger charge is 2.13. The van der Waals surface area contributed by atoms with E-state index in [1.807, 2.05) is 48.5 Å². The van der Waals surface area contributed by atoms with Crippen LogP contribution in [0.25, 0.3) is 33.3 Å². The summed E-state index contributed by atoms with van der Waals surface area (Å²) in [7, 11) is 0. The SMILES string of the molecule is CC(=O)Nc1cccc2oc(-c3cccc4occc34)cc12. The molecule has 0 saturated carbocycles. The van der Waals surface area contributed by atoms with E-state index in [2.05, 4.69) is 5.32 Å². The zero-order chi connectivity index (χ0) is 15.1. The summed E-state index contributed by atoms with van der Waals surface area (Å²) in [5, 5.41) is 4.71. The van der Waals surface area contributed by atoms with Crippen LogP contribution in [0.1, 0.15) is 6.92 Å². The van der Waals surface area contributed by atoms with Gasteiger partial charge in [0.2, 0.25) is 5.91 Å². The third-order valence-electron chi connectivity index (χ3n) is 3.63. The van der Waals surface area contributed by atoms with Gasteiger partial charge in [0.25, 0.3) is 0 Å². The highest BCUT2D eigenvalue weighted by molar-refractivity contribution is 6.02. The Morgan fingerprint density at radius 2 is 1.82 bits per heavy atom. The molecule has 0 fully saturated rings. The standard InChI is InChI=1S/C18H13NO3/c1-11(20)19-15-5-3-7-17-14(15)10-18(22-17)12-4-2-6-16-13(12)8-9-21-16/h2-10H,1H3,(H,19,20). The predicted molar refractivity (Wildman–Crippen MR) is 85.7 cm³/mol. The van der Waals surface area contributed by atoms with E-state index in [0.717, 1.165) is 38.9 Å². The molecule has 0 spiro atoms. The lowest BCUT2D eigenvalue weighted by atomic mass is 10.1. The van der Waals surface area contributed by atoms with Gasteiger partial charge in [-0.1, -0.05) is 18.2 Å². The summed E-state index contributed by atoms with van der Waals surface area (Å²) in [6.07, 6.45) is 1.67. The molecule has 4 nitrogen and oxygen atoms in total. The summed E-state index contributed by atoms with van der Waals surface area (Å²) in [4.78, 5) is 11.3. The van der Waals surface area contributed by atoms with E-state index in [4.69, 9.17) is 8.83 Å². The van der Waals surface area contributed by atoms with Gasteiger partial charge in [-0.2, -0.15) is 0 Å². The van der Waals surface area contributed by atoms with Gasteiger partial charge in [0.05, 0.1) is 12.0 Å². The minimum atomic E-state index is -0.104. The highest BCUT2D eigenvalue weighted by Crippen LogP contribution is 2.35. The quantitative estimate of drug-likeness (QED) is 0.577. The molecule has 0 aliphatic heterocycles. The summed E-state index contributed by atoms with van der Waals surface area (Å²) in [5.41, 5.74) is 3.28. The minimum absolute atomic E-state index is 0.104. The van der Waals surface area contributed by atoms with E-state index < -0.39 is 0 Å². The van der Waals surface area contributed by atoms with Crippen molar-refractivity contribution in [3.8, 4) is 11.3 Å². The number of furan rings is 2. The van der Waals surface area contributed by atoms with Gasteiger partial charge in [-0.15, -0.1) is 0 Å². The third-order valence-corrected chi connectivity index (χ3v) is 3.63. The number of fused-ring (bicyclic) bond motifs is 2. The van der Waals surface area contributed by atoms with E-state index in [1.54, 1.807) is 6.26 Å². The second kappa shape index (κ2) is 4.77. The fourth-order valence-electron chi connectivity index (χ4n) is 2.70. The number of anilines is 1. The molecule has 2 heterocycles. The monoisotopic (exact) mass is 291 g/mol. The molecule has 0 aliphatic carbocycles.